The maximum atomic E-state index is 6.52. The SMILES string of the molecule is Cc1nc(N2CCCC(C3CCNCC3)C2)nc(NCc2ccc(Cl)cc2Cl)c1Cl. The third-order valence-electron chi connectivity index (χ3n) is 6.26. The van der Waals surface area contributed by atoms with Gasteiger partial charge >= 0.3 is 0 Å². The van der Waals surface area contributed by atoms with E-state index in [0.717, 1.165) is 49.3 Å². The van der Waals surface area contributed by atoms with Gasteiger partial charge in [0, 0.05) is 29.7 Å². The standard InChI is InChI=1S/C22H28Cl3N5/c1-14-20(25)21(27-12-16-4-5-18(23)11-19(16)24)29-22(28-14)30-10-2-3-17(13-30)15-6-8-26-9-7-15/h4-5,11,15,17,26H,2-3,6-10,12-13H2,1H3,(H,27,28,29). The van der Waals surface area contributed by atoms with Crippen molar-refractivity contribution >= 4 is 46.6 Å². The molecule has 2 aromatic rings. The Balaban J connectivity index is 1.49. The molecule has 3 heterocycles. The van der Waals surface area contributed by atoms with Gasteiger partial charge in [-0.05, 0) is 75.2 Å². The van der Waals surface area contributed by atoms with Gasteiger partial charge in [0.05, 0.1) is 5.69 Å². The van der Waals surface area contributed by atoms with Crippen LogP contribution in [0, 0.1) is 18.8 Å². The van der Waals surface area contributed by atoms with E-state index < -0.39 is 0 Å². The number of rotatable bonds is 5. The summed E-state index contributed by atoms with van der Waals surface area (Å²) in [5, 5.41) is 8.61. The van der Waals surface area contributed by atoms with Gasteiger partial charge in [0.1, 0.15) is 5.02 Å². The molecule has 5 nitrogen and oxygen atoms in total. The third-order valence-corrected chi connectivity index (χ3v) is 7.30. The molecule has 162 valence electrons. The van der Waals surface area contributed by atoms with Crippen molar-refractivity contribution in [1.82, 2.24) is 15.3 Å². The second kappa shape index (κ2) is 9.90. The van der Waals surface area contributed by atoms with Gasteiger partial charge in [-0.15, -0.1) is 0 Å². The molecule has 1 aromatic heterocycles. The molecule has 4 rings (SSSR count). The molecule has 2 fully saturated rings. The van der Waals surface area contributed by atoms with E-state index in [1.807, 2.05) is 19.1 Å². The summed E-state index contributed by atoms with van der Waals surface area (Å²) in [6, 6.07) is 5.49. The minimum absolute atomic E-state index is 0.517. The lowest BCUT2D eigenvalue weighted by atomic mass is 9.80. The van der Waals surface area contributed by atoms with Gasteiger partial charge in [-0.1, -0.05) is 40.9 Å². The van der Waals surface area contributed by atoms with E-state index in [4.69, 9.17) is 44.8 Å². The molecule has 2 aliphatic heterocycles. The summed E-state index contributed by atoms with van der Waals surface area (Å²) < 4.78 is 0. The summed E-state index contributed by atoms with van der Waals surface area (Å²) in [5.41, 5.74) is 1.73. The predicted molar refractivity (Wildman–Crippen MR) is 126 cm³/mol. The fourth-order valence-corrected chi connectivity index (χ4v) is 5.17. The molecule has 30 heavy (non-hydrogen) atoms. The Hall–Kier alpha value is -1.27. The minimum atomic E-state index is 0.517. The van der Waals surface area contributed by atoms with Crippen molar-refractivity contribution in [2.24, 2.45) is 11.8 Å². The second-order valence-electron chi connectivity index (χ2n) is 8.30. The molecule has 0 saturated carbocycles. The zero-order chi connectivity index (χ0) is 21.1. The highest BCUT2D eigenvalue weighted by atomic mass is 35.5. The van der Waals surface area contributed by atoms with Gasteiger partial charge in [0.25, 0.3) is 0 Å². The molecule has 2 N–H and O–H groups in total. The van der Waals surface area contributed by atoms with Crippen LogP contribution in [0.3, 0.4) is 0 Å². The molecule has 2 saturated heterocycles. The second-order valence-corrected chi connectivity index (χ2v) is 9.52. The molecule has 0 bridgehead atoms. The molecular weight excluding hydrogens is 441 g/mol. The van der Waals surface area contributed by atoms with E-state index >= 15 is 0 Å². The van der Waals surface area contributed by atoms with Gasteiger partial charge in [0.2, 0.25) is 5.95 Å². The van der Waals surface area contributed by atoms with Gasteiger partial charge in [-0.2, -0.15) is 4.98 Å². The Bertz CT molecular complexity index is 885. The van der Waals surface area contributed by atoms with Crippen LogP contribution in [0.2, 0.25) is 15.1 Å². The van der Waals surface area contributed by atoms with Crippen molar-refractivity contribution < 1.29 is 0 Å². The van der Waals surface area contributed by atoms with Crippen LogP contribution in [0.1, 0.15) is 36.9 Å². The molecule has 0 aliphatic carbocycles. The zero-order valence-corrected chi connectivity index (χ0v) is 19.5. The van der Waals surface area contributed by atoms with Crippen molar-refractivity contribution in [3.05, 3.63) is 44.5 Å². The molecule has 0 radical (unpaired) electrons. The Morgan fingerprint density at radius 3 is 2.67 bits per heavy atom. The molecule has 8 heteroatoms. The summed E-state index contributed by atoms with van der Waals surface area (Å²) in [6.07, 6.45) is 5.03. The zero-order valence-electron chi connectivity index (χ0n) is 17.2. The lowest BCUT2D eigenvalue weighted by Gasteiger charge is -2.38. The largest absolute Gasteiger partial charge is 0.365 e. The number of hydrogen-bond acceptors (Lipinski definition) is 5. The summed E-state index contributed by atoms with van der Waals surface area (Å²) in [7, 11) is 0. The quantitative estimate of drug-likeness (QED) is 0.600. The number of benzene rings is 1. The maximum Gasteiger partial charge on any atom is 0.227 e. The number of anilines is 2. The van der Waals surface area contributed by atoms with Crippen molar-refractivity contribution in [3.63, 3.8) is 0 Å². The van der Waals surface area contributed by atoms with Crippen LogP contribution in [-0.2, 0) is 6.54 Å². The average Bonchev–Trinajstić information content (AvgIpc) is 2.76. The van der Waals surface area contributed by atoms with Crippen molar-refractivity contribution in [1.29, 1.82) is 0 Å². The Morgan fingerprint density at radius 1 is 1.10 bits per heavy atom. The number of aromatic nitrogens is 2. The first kappa shape index (κ1) is 21.9. The van der Waals surface area contributed by atoms with Gasteiger partial charge in [0.15, 0.2) is 5.82 Å². The Labute approximate surface area is 193 Å². The lowest BCUT2D eigenvalue weighted by molar-refractivity contribution is 0.229. The molecule has 2 aliphatic rings. The minimum Gasteiger partial charge on any atom is -0.365 e. The third kappa shape index (κ3) is 5.13. The number of halogens is 3. The first-order chi connectivity index (χ1) is 14.5. The van der Waals surface area contributed by atoms with Crippen LogP contribution in [0.5, 0.6) is 0 Å². The fraction of sp³-hybridized carbons (Fsp3) is 0.545. The number of hydrogen-bond donors (Lipinski definition) is 2. The van der Waals surface area contributed by atoms with Crippen LogP contribution in [0.25, 0.3) is 0 Å². The van der Waals surface area contributed by atoms with Crippen molar-refractivity contribution in [3.8, 4) is 0 Å². The van der Waals surface area contributed by atoms with E-state index in [1.165, 1.54) is 25.7 Å². The molecular formula is C22H28Cl3N5. The Kier molecular flexibility index (Phi) is 7.24. The Morgan fingerprint density at radius 2 is 1.90 bits per heavy atom. The number of nitrogens with one attached hydrogen (secondary N) is 2. The first-order valence-corrected chi connectivity index (χ1v) is 11.8. The molecule has 0 spiro atoms. The van der Waals surface area contributed by atoms with Crippen LogP contribution >= 0.6 is 34.8 Å². The number of aryl methyl sites for hydroxylation is 1. The summed E-state index contributed by atoms with van der Waals surface area (Å²) >= 11 is 18.8. The molecule has 1 atom stereocenters. The van der Waals surface area contributed by atoms with Crippen LogP contribution in [0.4, 0.5) is 11.8 Å². The first-order valence-electron chi connectivity index (χ1n) is 10.7. The van der Waals surface area contributed by atoms with Crippen LogP contribution < -0.4 is 15.5 Å². The molecule has 1 aromatic carbocycles. The average molecular weight is 469 g/mol. The smallest absolute Gasteiger partial charge is 0.227 e. The van der Waals surface area contributed by atoms with Crippen molar-refractivity contribution in [2.75, 3.05) is 36.4 Å². The lowest BCUT2D eigenvalue weighted by Crippen LogP contribution is -2.42. The molecule has 1 unspecified atom stereocenters. The summed E-state index contributed by atoms with van der Waals surface area (Å²) in [5.74, 6) is 2.92. The fourth-order valence-electron chi connectivity index (χ4n) is 4.54. The summed E-state index contributed by atoms with van der Waals surface area (Å²) in [4.78, 5) is 11.8. The van der Waals surface area contributed by atoms with E-state index in [1.54, 1.807) is 6.07 Å². The molecule has 0 amide bonds. The highest BCUT2D eigenvalue weighted by Crippen LogP contribution is 2.33. The predicted octanol–water partition coefficient (Wildman–Crippen LogP) is 5.57. The number of nitrogens with zero attached hydrogens (tertiary/aromatic N) is 3. The number of piperidine rings is 2. The van der Waals surface area contributed by atoms with E-state index in [2.05, 4.69) is 15.5 Å². The topological polar surface area (TPSA) is 53.1 Å². The van der Waals surface area contributed by atoms with Gasteiger partial charge < -0.3 is 15.5 Å². The highest BCUT2D eigenvalue weighted by molar-refractivity contribution is 6.35. The summed E-state index contributed by atoms with van der Waals surface area (Å²) in [6.45, 7) is 6.74. The van der Waals surface area contributed by atoms with Crippen LogP contribution in [-0.4, -0.2) is 36.1 Å². The maximum absolute atomic E-state index is 6.52. The highest BCUT2D eigenvalue weighted by Gasteiger charge is 2.29. The van der Waals surface area contributed by atoms with E-state index in [0.29, 0.717) is 33.3 Å². The van der Waals surface area contributed by atoms with Gasteiger partial charge in [-0.25, -0.2) is 4.98 Å². The van der Waals surface area contributed by atoms with E-state index in [-0.39, 0.29) is 0 Å². The van der Waals surface area contributed by atoms with Crippen molar-refractivity contribution in [2.45, 2.75) is 39.2 Å². The monoisotopic (exact) mass is 467 g/mol. The normalized spacial score (nSPS) is 20.4. The van der Waals surface area contributed by atoms with Crippen LogP contribution in [0.15, 0.2) is 18.2 Å². The van der Waals surface area contributed by atoms with E-state index in [9.17, 15) is 0 Å². The van der Waals surface area contributed by atoms with Gasteiger partial charge in [-0.3, -0.25) is 0 Å².